The molecule has 0 aliphatic heterocycles. The molecule has 0 bridgehead atoms. The first kappa shape index (κ1) is 10.9. The Balaban J connectivity index is 2.53. The number of benzene rings is 1. The van der Waals surface area contributed by atoms with Crippen LogP contribution in [0, 0.1) is 11.6 Å². The minimum Gasteiger partial charge on any atom is -0.312 e. The van der Waals surface area contributed by atoms with Gasteiger partial charge in [0.1, 0.15) is 11.6 Å². The first-order valence-electron chi connectivity index (χ1n) is 4.50. The second-order valence-corrected chi connectivity index (χ2v) is 2.95. The number of nitrogens with one attached hydrogen (secondary N) is 1. The molecule has 3 heteroatoms. The zero-order chi connectivity index (χ0) is 10.4. The molecule has 14 heavy (non-hydrogen) atoms. The Kier molecular flexibility index (Phi) is 4.26. The van der Waals surface area contributed by atoms with Crippen LogP contribution in [0.15, 0.2) is 30.9 Å². The molecule has 76 valence electrons. The molecule has 0 fully saturated rings. The second kappa shape index (κ2) is 5.50. The third kappa shape index (κ3) is 2.92. The molecule has 1 rings (SSSR count). The van der Waals surface area contributed by atoms with E-state index in [2.05, 4.69) is 11.9 Å². The van der Waals surface area contributed by atoms with Crippen molar-refractivity contribution in [3.8, 4) is 0 Å². The monoisotopic (exact) mass is 197 g/mol. The molecule has 0 aliphatic carbocycles. The van der Waals surface area contributed by atoms with Crippen LogP contribution < -0.4 is 5.32 Å². The highest BCUT2D eigenvalue weighted by molar-refractivity contribution is 5.19. The molecule has 0 aliphatic rings. The van der Waals surface area contributed by atoms with E-state index in [1.807, 2.05) is 0 Å². The number of hydrogen-bond donors (Lipinski definition) is 1. The van der Waals surface area contributed by atoms with Gasteiger partial charge in [-0.1, -0.05) is 12.1 Å². The molecule has 0 amide bonds. The highest BCUT2D eigenvalue weighted by Crippen LogP contribution is 2.11. The molecule has 0 heterocycles. The van der Waals surface area contributed by atoms with Crippen molar-refractivity contribution in [2.45, 2.75) is 13.0 Å². The lowest BCUT2D eigenvalue weighted by atomic mass is 10.2. The van der Waals surface area contributed by atoms with Crippen LogP contribution in [0.4, 0.5) is 8.78 Å². The fraction of sp³-hybridized carbons (Fsp3) is 0.273. The molecule has 0 atom stereocenters. The van der Waals surface area contributed by atoms with Gasteiger partial charge in [0.25, 0.3) is 0 Å². The van der Waals surface area contributed by atoms with Crippen molar-refractivity contribution >= 4 is 0 Å². The van der Waals surface area contributed by atoms with E-state index in [1.165, 1.54) is 18.2 Å². The molecule has 0 spiro atoms. The van der Waals surface area contributed by atoms with Gasteiger partial charge in [0.2, 0.25) is 0 Å². The molecule has 0 aromatic heterocycles. The average molecular weight is 197 g/mol. The lowest BCUT2D eigenvalue weighted by Gasteiger charge is -2.05. The smallest absolute Gasteiger partial charge is 0.130 e. The maximum absolute atomic E-state index is 13.1. The van der Waals surface area contributed by atoms with E-state index in [4.69, 9.17) is 0 Å². The van der Waals surface area contributed by atoms with Crippen LogP contribution in [0.25, 0.3) is 0 Å². The summed E-state index contributed by atoms with van der Waals surface area (Å²) in [4.78, 5) is 0. The first-order valence-corrected chi connectivity index (χ1v) is 4.50. The average Bonchev–Trinajstić information content (AvgIpc) is 2.16. The topological polar surface area (TPSA) is 12.0 Å². The number of halogens is 2. The van der Waals surface area contributed by atoms with Gasteiger partial charge < -0.3 is 5.32 Å². The summed E-state index contributed by atoms with van der Waals surface area (Å²) in [5.41, 5.74) is 0.0940. The molecule has 0 saturated carbocycles. The largest absolute Gasteiger partial charge is 0.312 e. The van der Waals surface area contributed by atoms with E-state index >= 15 is 0 Å². The Morgan fingerprint density at radius 2 is 1.93 bits per heavy atom. The molecule has 0 unspecified atom stereocenters. The zero-order valence-corrected chi connectivity index (χ0v) is 7.89. The van der Waals surface area contributed by atoms with Crippen molar-refractivity contribution < 1.29 is 8.78 Å². The van der Waals surface area contributed by atoms with Gasteiger partial charge in [0.15, 0.2) is 0 Å². The highest BCUT2D eigenvalue weighted by atomic mass is 19.1. The molecule has 0 radical (unpaired) electrons. The van der Waals surface area contributed by atoms with Crippen LogP contribution in [0.1, 0.15) is 12.0 Å². The van der Waals surface area contributed by atoms with Gasteiger partial charge in [-0.05, 0) is 25.1 Å². The Labute approximate surface area is 82.4 Å². The number of hydrogen-bond acceptors (Lipinski definition) is 1. The third-order valence-electron chi connectivity index (χ3n) is 1.89. The van der Waals surface area contributed by atoms with Gasteiger partial charge in [0.05, 0.1) is 0 Å². The zero-order valence-electron chi connectivity index (χ0n) is 7.89. The quantitative estimate of drug-likeness (QED) is 0.565. The normalized spacial score (nSPS) is 10.1. The predicted molar refractivity (Wildman–Crippen MR) is 52.9 cm³/mol. The summed E-state index contributed by atoms with van der Waals surface area (Å²) in [6, 6.07) is 3.87. The highest BCUT2D eigenvalue weighted by Gasteiger charge is 2.06. The van der Waals surface area contributed by atoms with Gasteiger partial charge in [-0.3, -0.25) is 0 Å². The van der Waals surface area contributed by atoms with Crippen LogP contribution in [0.2, 0.25) is 0 Å². The summed E-state index contributed by atoms with van der Waals surface area (Å²) in [7, 11) is 0. The van der Waals surface area contributed by atoms with Gasteiger partial charge in [-0.2, -0.15) is 0 Å². The fourth-order valence-corrected chi connectivity index (χ4v) is 1.12. The van der Waals surface area contributed by atoms with Crippen molar-refractivity contribution in [2.24, 2.45) is 0 Å². The van der Waals surface area contributed by atoms with Crippen LogP contribution in [-0.2, 0) is 6.54 Å². The standard InChI is InChI=1S/C11H13F2N/c1-2-3-7-14-8-9-10(12)5-4-6-11(9)13/h2,4-6,14H,1,3,7-8H2. The molecular formula is C11H13F2N. The Morgan fingerprint density at radius 1 is 1.29 bits per heavy atom. The molecular weight excluding hydrogens is 184 g/mol. The van der Waals surface area contributed by atoms with Crippen LogP contribution in [0.3, 0.4) is 0 Å². The minimum absolute atomic E-state index is 0.0940. The predicted octanol–water partition coefficient (Wildman–Crippen LogP) is 2.63. The summed E-state index contributed by atoms with van der Waals surface area (Å²) >= 11 is 0. The van der Waals surface area contributed by atoms with Crippen molar-refractivity contribution in [1.82, 2.24) is 5.32 Å². The van der Waals surface area contributed by atoms with Gasteiger partial charge >= 0.3 is 0 Å². The first-order chi connectivity index (χ1) is 6.75. The number of rotatable bonds is 5. The van der Waals surface area contributed by atoms with Crippen LogP contribution in [0.5, 0.6) is 0 Å². The van der Waals surface area contributed by atoms with Crippen LogP contribution >= 0.6 is 0 Å². The molecule has 1 N–H and O–H groups in total. The summed E-state index contributed by atoms with van der Waals surface area (Å²) in [5, 5.41) is 2.93. The van der Waals surface area contributed by atoms with Crippen molar-refractivity contribution in [1.29, 1.82) is 0 Å². The van der Waals surface area contributed by atoms with Crippen molar-refractivity contribution in [3.05, 3.63) is 48.1 Å². The van der Waals surface area contributed by atoms with Crippen molar-refractivity contribution in [3.63, 3.8) is 0 Å². The van der Waals surface area contributed by atoms with Gasteiger partial charge in [0, 0.05) is 12.1 Å². The third-order valence-corrected chi connectivity index (χ3v) is 1.89. The van der Waals surface area contributed by atoms with E-state index in [-0.39, 0.29) is 12.1 Å². The Morgan fingerprint density at radius 3 is 2.50 bits per heavy atom. The summed E-state index contributed by atoms with van der Waals surface area (Å²) in [6.45, 7) is 4.44. The lowest BCUT2D eigenvalue weighted by Crippen LogP contribution is -2.16. The maximum atomic E-state index is 13.1. The van der Waals surface area contributed by atoms with E-state index < -0.39 is 11.6 Å². The SMILES string of the molecule is C=CCCNCc1c(F)cccc1F. The molecule has 0 saturated heterocycles. The van der Waals surface area contributed by atoms with E-state index in [9.17, 15) is 8.78 Å². The Hall–Kier alpha value is -1.22. The van der Waals surface area contributed by atoms with E-state index in [1.54, 1.807) is 6.08 Å². The summed E-state index contributed by atoms with van der Waals surface area (Å²) < 4.78 is 26.1. The van der Waals surface area contributed by atoms with E-state index in [0.29, 0.717) is 6.54 Å². The fourth-order valence-electron chi connectivity index (χ4n) is 1.12. The molecule has 1 nitrogen and oxygen atoms in total. The summed E-state index contributed by atoms with van der Waals surface area (Å²) in [5.74, 6) is -1.01. The van der Waals surface area contributed by atoms with E-state index in [0.717, 1.165) is 6.42 Å². The minimum atomic E-state index is -0.504. The van der Waals surface area contributed by atoms with Crippen molar-refractivity contribution in [2.75, 3.05) is 6.54 Å². The van der Waals surface area contributed by atoms with Crippen LogP contribution in [-0.4, -0.2) is 6.54 Å². The second-order valence-electron chi connectivity index (χ2n) is 2.95. The maximum Gasteiger partial charge on any atom is 0.130 e. The molecule has 1 aromatic rings. The Bertz CT molecular complexity index is 290. The lowest BCUT2D eigenvalue weighted by molar-refractivity contribution is 0.537. The summed E-state index contributed by atoms with van der Waals surface area (Å²) in [6.07, 6.45) is 2.54. The van der Waals surface area contributed by atoms with Gasteiger partial charge in [-0.25, -0.2) is 8.78 Å². The van der Waals surface area contributed by atoms with Gasteiger partial charge in [-0.15, -0.1) is 6.58 Å². The molecule has 1 aromatic carbocycles.